The molecule has 2 amide bonds. The number of nitrogens with one attached hydrogen (secondary N) is 2. The zero-order chi connectivity index (χ0) is 19.9. The maximum Gasteiger partial charge on any atom is 0.317 e. The summed E-state index contributed by atoms with van der Waals surface area (Å²) in [7, 11) is 0. The van der Waals surface area contributed by atoms with E-state index in [2.05, 4.69) is 15.7 Å². The van der Waals surface area contributed by atoms with Gasteiger partial charge in [0.25, 0.3) is 0 Å². The minimum atomic E-state index is -0.813. The van der Waals surface area contributed by atoms with Crippen LogP contribution in [0.4, 0.5) is 4.79 Å². The van der Waals surface area contributed by atoms with Crippen molar-refractivity contribution in [3.63, 3.8) is 0 Å². The first kappa shape index (κ1) is 19.9. The summed E-state index contributed by atoms with van der Waals surface area (Å²) >= 11 is 0. The van der Waals surface area contributed by atoms with Crippen molar-refractivity contribution >= 4 is 12.0 Å². The Morgan fingerprint density at radius 3 is 2.57 bits per heavy atom. The van der Waals surface area contributed by atoms with Crippen molar-refractivity contribution in [1.29, 1.82) is 0 Å². The lowest BCUT2D eigenvalue weighted by Gasteiger charge is -2.42. The van der Waals surface area contributed by atoms with Gasteiger partial charge in [0.1, 0.15) is 0 Å². The van der Waals surface area contributed by atoms with Gasteiger partial charge < -0.3 is 15.7 Å². The number of rotatable bonds is 9. The lowest BCUT2D eigenvalue weighted by Crippen LogP contribution is -2.56. The maximum absolute atomic E-state index is 12.1. The van der Waals surface area contributed by atoms with E-state index in [4.69, 9.17) is 5.11 Å². The Balaban J connectivity index is 1.36. The predicted molar refractivity (Wildman–Crippen MR) is 105 cm³/mol. The summed E-state index contributed by atoms with van der Waals surface area (Å²) in [5, 5.41) is 19.0. The number of likely N-dealkylation sites (N-methyl/N-ethyl adjacent to an activating group) is 1. The molecular formula is C20H27N5O3. The van der Waals surface area contributed by atoms with Gasteiger partial charge in [0.05, 0.1) is 13.1 Å². The molecule has 0 atom stereocenters. The van der Waals surface area contributed by atoms with E-state index in [0.29, 0.717) is 13.1 Å². The Kier molecular flexibility index (Phi) is 6.65. The summed E-state index contributed by atoms with van der Waals surface area (Å²) in [6.45, 7) is 3.89. The second kappa shape index (κ2) is 9.36. The van der Waals surface area contributed by atoms with Gasteiger partial charge in [0.15, 0.2) is 0 Å². The van der Waals surface area contributed by atoms with Crippen molar-refractivity contribution in [2.75, 3.05) is 13.1 Å². The van der Waals surface area contributed by atoms with Crippen LogP contribution in [0.5, 0.6) is 0 Å². The number of aromatic nitrogens is 2. The zero-order valence-corrected chi connectivity index (χ0v) is 16.0. The number of amides is 2. The lowest BCUT2D eigenvalue weighted by molar-refractivity contribution is -0.139. The summed E-state index contributed by atoms with van der Waals surface area (Å²) in [5.41, 5.74) is 2.18. The maximum atomic E-state index is 12.1. The highest BCUT2D eigenvalue weighted by Gasteiger charge is 2.34. The van der Waals surface area contributed by atoms with E-state index in [-0.39, 0.29) is 24.7 Å². The third-order valence-electron chi connectivity index (χ3n) is 5.09. The van der Waals surface area contributed by atoms with Crippen LogP contribution in [0.25, 0.3) is 0 Å². The van der Waals surface area contributed by atoms with E-state index in [1.54, 1.807) is 6.20 Å². The van der Waals surface area contributed by atoms with Gasteiger partial charge in [-0.15, -0.1) is 0 Å². The minimum Gasteiger partial charge on any atom is -0.480 e. The first-order valence-corrected chi connectivity index (χ1v) is 9.59. The van der Waals surface area contributed by atoms with E-state index in [1.165, 1.54) is 0 Å². The van der Waals surface area contributed by atoms with Crippen LogP contribution in [-0.4, -0.2) is 57.0 Å². The van der Waals surface area contributed by atoms with Crippen LogP contribution in [0, 0.1) is 0 Å². The van der Waals surface area contributed by atoms with Crippen molar-refractivity contribution < 1.29 is 14.7 Å². The highest BCUT2D eigenvalue weighted by molar-refractivity contribution is 5.74. The minimum absolute atomic E-state index is 0.0521. The van der Waals surface area contributed by atoms with Gasteiger partial charge in [0, 0.05) is 31.0 Å². The Morgan fingerprint density at radius 2 is 1.96 bits per heavy atom. The molecule has 0 unspecified atom stereocenters. The molecule has 2 aromatic rings. The van der Waals surface area contributed by atoms with E-state index < -0.39 is 5.97 Å². The van der Waals surface area contributed by atoms with Crippen LogP contribution in [0.1, 0.15) is 30.9 Å². The monoisotopic (exact) mass is 385 g/mol. The van der Waals surface area contributed by atoms with Crippen molar-refractivity contribution in [2.45, 2.75) is 44.9 Å². The van der Waals surface area contributed by atoms with Gasteiger partial charge in [-0.3, -0.25) is 14.4 Å². The van der Waals surface area contributed by atoms with Gasteiger partial charge in [-0.1, -0.05) is 31.2 Å². The van der Waals surface area contributed by atoms with Crippen LogP contribution < -0.4 is 10.6 Å². The predicted octanol–water partition coefficient (Wildman–Crippen LogP) is 1.67. The molecule has 150 valence electrons. The van der Waals surface area contributed by atoms with E-state index >= 15 is 0 Å². The molecule has 0 spiro atoms. The molecule has 3 N–H and O–H groups in total. The molecule has 1 saturated carbocycles. The fraction of sp³-hybridized carbons (Fsp3) is 0.450. The molecule has 0 radical (unpaired) electrons. The number of urea groups is 1. The Hall–Kier alpha value is -2.87. The number of hydrogen-bond donors (Lipinski definition) is 3. The molecule has 1 aliphatic rings. The van der Waals surface area contributed by atoms with E-state index in [9.17, 15) is 9.59 Å². The quantitative estimate of drug-likeness (QED) is 0.610. The molecule has 1 fully saturated rings. The number of carbonyl (C=O) groups excluding carboxylic acids is 1. The highest BCUT2D eigenvalue weighted by atomic mass is 16.4. The largest absolute Gasteiger partial charge is 0.480 e. The number of benzene rings is 1. The second-order valence-electron chi connectivity index (χ2n) is 7.13. The normalized spacial score (nSPS) is 18.5. The Labute approximate surface area is 164 Å². The molecule has 1 heterocycles. The molecule has 0 saturated heterocycles. The molecule has 0 bridgehead atoms. The molecule has 1 aromatic carbocycles. The average Bonchev–Trinajstić information content (AvgIpc) is 3.15. The number of hydrogen-bond acceptors (Lipinski definition) is 4. The Bertz CT molecular complexity index is 770. The number of nitrogens with zero attached hydrogens (tertiary/aromatic N) is 3. The summed E-state index contributed by atoms with van der Waals surface area (Å²) < 4.78 is 1.86. The van der Waals surface area contributed by atoms with Crippen LogP contribution in [0.3, 0.4) is 0 Å². The van der Waals surface area contributed by atoms with Gasteiger partial charge in [-0.2, -0.15) is 5.10 Å². The van der Waals surface area contributed by atoms with Gasteiger partial charge in [-0.25, -0.2) is 4.79 Å². The number of aliphatic carboxylic acids is 1. The van der Waals surface area contributed by atoms with Crippen LogP contribution in [0.15, 0.2) is 42.7 Å². The molecule has 3 rings (SSSR count). The molecule has 8 nitrogen and oxygen atoms in total. The molecule has 28 heavy (non-hydrogen) atoms. The summed E-state index contributed by atoms with van der Waals surface area (Å²) in [6, 6.07) is 10.1. The summed E-state index contributed by atoms with van der Waals surface area (Å²) in [5.74, 6) is -0.813. The number of carboxylic acids is 1. The third-order valence-corrected chi connectivity index (χ3v) is 5.09. The van der Waals surface area contributed by atoms with Gasteiger partial charge in [-0.05, 0) is 36.6 Å². The smallest absolute Gasteiger partial charge is 0.317 e. The van der Waals surface area contributed by atoms with Crippen LogP contribution >= 0.6 is 0 Å². The summed E-state index contributed by atoms with van der Waals surface area (Å²) in [4.78, 5) is 24.9. The summed E-state index contributed by atoms with van der Waals surface area (Å²) in [6.07, 6.45) is 5.26. The van der Waals surface area contributed by atoms with Gasteiger partial charge in [0.2, 0.25) is 0 Å². The number of carboxylic acid groups (broad SMARTS) is 1. The SMILES string of the molecule is CCN(CC(=O)O)C1CC(NC(=O)NCc2ccc(Cn3cccn3)cc2)C1. The molecule has 8 heteroatoms. The highest BCUT2D eigenvalue weighted by Crippen LogP contribution is 2.25. The second-order valence-corrected chi connectivity index (χ2v) is 7.13. The average molecular weight is 385 g/mol. The standard InChI is InChI=1S/C20H27N5O3/c1-2-24(14-19(26)27)18-10-17(11-18)23-20(28)21-12-15-4-6-16(7-5-15)13-25-9-3-8-22-25/h3-9,17-18H,2,10-14H2,1H3,(H,26,27)(H2,21,23,28). The topological polar surface area (TPSA) is 99.5 Å². The number of carbonyl (C=O) groups is 2. The molecular weight excluding hydrogens is 358 g/mol. The molecule has 1 aromatic heterocycles. The first-order valence-electron chi connectivity index (χ1n) is 9.59. The first-order chi connectivity index (χ1) is 13.5. The molecule has 1 aliphatic carbocycles. The van der Waals surface area contributed by atoms with Gasteiger partial charge >= 0.3 is 12.0 Å². The zero-order valence-electron chi connectivity index (χ0n) is 16.0. The van der Waals surface area contributed by atoms with Crippen LogP contribution in [0.2, 0.25) is 0 Å². The van der Waals surface area contributed by atoms with Crippen molar-refractivity contribution in [1.82, 2.24) is 25.3 Å². The van der Waals surface area contributed by atoms with Crippen molar-refractivity contribution in [3.8, 4) is 0 Å². The third kappa shape index (κ3) is 5.56. The van der Waals surface area contributed by atoms with Crippen molar-refractivity contribution in [2.24, 2.45) is 0 Å². The Morgan fingerprint density at radius 1 is 1.25 bits per heavy atom. The lowest BCUT2D eigenvalue weighted by atomic mass is 9.85. The van der Waals surface area contributed by atoms with Crippen molar-refractivity contribution in [3.05, 3.63) is 53.9 Å². The fourth-order valence-electron chi connectivity index (χ4n) is 3.44. The molecule has 0 aliphatic heterocycles. The fourth-order valence-corrected chi connectivity index (χ4v) is 3.44. The van der Waals surface area contributed by atoms with E-state index in [1.807, 2.05) is 53.0 Å². The van der Waals surface area contributed by atoms with E-state index in [0.717, 1.165) is 30.5 Å². The van der Waals surface area contributed by atoms with Crippen LogP contribution in [-0.2, 0) is 17.9 Å².